The van der Waals surface area contributed by atoms with E-state index in [1.54, 1.807) is 0 Å². The molecule has 2 bridgehead atoms. The number of hydrogen-bond donors (Lipinski definition) is 0. The Bertz CT molecular complexity index is 376. The van der Waals surface area contributed by atoms with Crippen LogP contribution in [0, 0.1) is 16.7 Å². The minimum Gasteiger partial charge on any atom is -0.378 e. The maximum Gasteiger partial charge on any atom is 0.320 e. The second kappa shape index (κ2) is 4.37. The molecule has 2 aliphatic heterocycles. The van der Waals surface area contributed by atoms with Gasteiger partial charge >= 0.3 is 6.03 Å². The van der Waals surface area contributed by atoms with E-state index in [1.165, 1.54) is 12.8 Å². The van der Waals surface area contributed by atoms with Crippen molar-refractivity contribution in [3.63, 3.8) is 0 Å². The first kappa shape index (κ1) is 13.2. The molecule has 19 heavy (non-hydrogen) atoms. The lowest BCUT2D eigenvalue weighted by molar-refractivity contribution is -0.0158. The van der Waals surface area contributed by atoms with Crippen molar-refractivity contribution in [3.8, 4) is 0 Å². The highest BCUT2D eigenvalue weighted by molar-refractivity contribution is 5.75. The van der Waals surface area contributed by atoms with Crippen molar-refractivity contribution < 1.29 is 9.53 Å². The van der Waals surface area contributed by atoms with E-state index in [0.717, 1.165) is 26.2 Å². The van der Waals surface area contributed by atoms with Gasteiger partial charge in [0.25, 0.3) is 0 Å². The molecule has 1 aliphatic carbocycles. The van der Waals surface area contributed by atoms with Gasteiger partial charge in [0, 0.05) is 26.2 Å². The lowest BCUT2D eigenvalue weighted by Crippen LogP contribution is -2.57. The first-order valence-corrected chi connectivity index (χ1v) is 7.56. The van der Waals surface area contributed by atoms with Crippen LogP contribution >= 0.6 is 0 Å². The molecule has 0 N–H and O–H groups in total. The van der Waals surface area contributed by atoms with Gasteiger partial charge in [-0.05, 0) is 29.6 Å². The fourth-order valence-corrected chi connectivity index (χ4v) is 4.12. The average molecular weight is 266 g/mol. The van der Waals surface area contributed by atoms with Gasteiger partial charge < -0.3 is 14.5 Å². The van der Waals surface area contributed by atoms with Gasteiger partial charge in [0.05, 0.1) is 13.2 Å². The standard InChI is InChI=1S/C15H26N2O2/c1-14(2)12-4-5-15(14,3)11-17(10-12)13(18)16-6-8-19-9-7-16/h12H,4-11H2,1-3H3/t12-,15+/m1/s1. The molecule has 4 nitrogen and oxygen atoms in total. The fraction of sp³-hybridized carbons (Fsp3) is 0.933. The third kappa shape index (κ3) is 1.95. The summed E-state index contributed by atoms with van der Waals surface area (Å²) in [5.41, 5.74) is 0.659. The molecule has 0 radical (unpaired) electrons. The molecular weight excluding hydrogens is 240 g/mol. The van der Waals surface area contributed by atoms with Gasteiger partial charge in [0.1, 0.15) is 0 Å². The van der Waals surface area contributed by atoms with Gasteiger partial charge in [-0.3, -0.25) is 0 Å². The van der Waals surface area contributed by atoms with Gasteiger partial charge in [-0.1, -0.05) is 20.8 Å². The molecule has 0 spiro atoms. The maximum atomic E-state index is 12.6. The third-order valence-corrected chi connectivity index (χ3v) is 6.15. The van der Waals surface area contributed by atoms with Crippen LogP contribution in [0.25, 0.3) is 0 Å². The number of piperidine rings is 1. The second-order valence-corrected chi connectivity index (χ2v) is 7.28. The second-order valence-electron chi connectivity index (χ2n) is 7.28. The number of rotatable bonds is 0. The van der Waals surface area contributed by atoms with E-state index in [9.17, 15) is 4.79 Å². The number of morpholine rings is 1. The average Bonchev–Trinajstić information content (AvgIpc) is 2.57. The fourth-order valence-electron chi connectivity index (χ4n) is 4.12. The van der Waals surface area contributed by atoms with E-state index in [4.69, 9.17) is 4.74 Å². The molecule has 2 heterocycles. The summed E-state index contributed by atoms with van der Waals surface area (Å²) in [6.45, 7) is 11.9. The van der Waals surface area contributed by atoms with Gasteiger partial charge in [-0.25, -0.2) is 4.79 Å². The highest BCUT2D eigenvalue weighted by atomic mass is 16.5. The number of likely N-dealkylation sites (tertiary alicyclic amines) is 1. The molecule has 1 saturated carbocycles. The van der Waals surface area contributed by atoms with Crippen LogP contribution in [0.1, 0.15) is 33.6 Å². The van der Waals surface area contributed by atoms with Crippen LogP contribution in [0.2, 0.25) is 0 Å². The van der Waals surface area contributed by atoms with E-state index >= 15 is 0 Å². The smallest absolute Gasteiger partial charge is 0.320 e. The van der Waals surface area contributed by atoms with E-state index in [2.05, 4.69) is 25.7 Å². The van der Waals surface area contributed by atoms with Gasteiger partial charge in [0.15, 0.2) is 0 Å². The minimum absolute atomic E-state index is 0.233. The summed E-state index contributed by atoms with van der Waals surface area (Å²) in [6.07, 6.45) is 2.54. The van der Waals surface area contributed by atoms with Crippen LogP contribution in [0.4, 0.5) is 4.79 Å². The summed E-state index contributed by atoms with van der Waals surface area (Å²) in [4.78, 5) is 16.7. The third-order valence-electron chi connectivity index (χ3n) is 6.15. The van der Waals surface area contributed by atoms with Crippen molar-refractivity contribution in [1.29, 1.82) is 0 Å². The predicted octanol–water partition coefficient (Wildman–Crippen LogP) is 2.20. The van der Waals surface area contributed by atoms with Gasteiger partial charge in [-0.15, -0.1) is 0 Å². The zero-order valence-electron chi connectivity index (χ0n) is 12.4. The summed E-state index contributed by atoms with van der Waals surface area (Å²) in [5.74, 6) is 0.663. The summed E-state index contributed by atoms with van der Waals surface area (Å²) in [5, 5.41) is 0. The number of carbonyl (C=O) groups excluding carboxylic acids is 1. The Hall–Kier alpha value is -0.770. The minimum atomic E-state index is 0.233. The monoisotopic (exact) mass is 266 g/mol. The predicted molar refractivity (Wildman–Crippen MR) is 74.0 cm³/mol. The summed E-state index contributed by atoms with van der Waals surface area (Å²) < 4.78 is 5.33. The van der Waals surface area contributed by atoms with Crippen LogP contribution in [-0.4, -0.2) is 55.2 Å². The quantitative estimate of drug-likeness (QED) is 0.673. The zero-order valence-corrected chi connectivity index (χ0v) is 12.4. The Morgan fingerprint density at radius 1 is 1.16 bits per heavy atom. The molecule has 2 amide bonds. The lowest BCUT2D eigenvalue weighted by atomic mass is 9.63. The zero-order chi connectivity index (χ0) is 13.7. The number of carbonyl (C=O) groups is 1. The number of hydrogen-bond acceptors (Lipinski definition) is 2. The summed E-state index contributed by atoms with van der Waals surface area (Å²) in [7, 11) is 0. The van der Waals surface area contributed by atoms with E-state index in [-0.39, 0.29) is 11.4 Å². The molecular formula is C15H26N2O2. The van der Waals surface area contributed by atoms with Crippen LogP contribution in [0.3, 0.4) is 0 Å². The normalized spacial score (nSPS) is 37.5. The van der Waals surface area contributed by atoms with Crippen molar-refractivity contribution in [1.82, 2.24) is 9.80 Å². The SMILES string of the molecule is CC1(C)[C@@H]2CC[C@@]1(C)CN(C(=O)N1CCOCC1)C2. The molecule has 2 atom stereocenters. The van der Waals surface area contributed by atoms with Crippen LogP contribution in [0.5, 0.6) is 0 Å². The Morgan fingerprint density at radius 3 is 2.47 bits per heavy atom. The molecule has 4 heteroatoms. The topological polar surface area (TPSA) is 32.8 Å². The van der Waals surface area contributed by atoms with E-state index in [1.807, 2.05) is 4.90 Å². The number of ether oxygens (including phenoxy) is 1. The van der Waals surface area contributed by atoms with Crippen molar-refractivity contribution in [2.24, 2.45) is 16.7 Å². The molecule has 2 saturated heterocycles. The number of fused-ring (bicyclic) bond motifs is 2. The van der Waals surface area contributed by atoms with Crippen molar-refractivity contribution in [2.45, 2.75) is 33.6 Å². The highest BCUT2D eigenvalue weighted by Gasteiger charge is 2.56. The van der Waals surface area contributed by atoms with E-state index in [0.29, 0.717) is 24.5 Å². The Morgan fingerprint density at radius 2 is 1.84 bits per heavy atom. The molecule has 3 rings (SSSR count). The van der Waals surface area contributed by atoms with Crippen LogP contribution in [0.15, 0.2) is 0 Å². The first-order chi connectivity index (χ1) is 8.94. The van der Waals surface area contributed by atoms with Crippen molar-refractivity contribution in [2.75, 3.05) is 39.4 Å². The van der Waals surface area contributed by atoms with Crippen LogP contribution < -0.4 is 0 Å². The number of urea groups is 1. The number of nitrogens with zero attached hydrogens (tertiary/aromatic N) is 2. The highest BCUT2D eigenvalue weighted by Crippen LogP contribution is 2.59. The first-order valence-electron chi connectivity index (χ1n) is 7.56. The summed E-state index contributed by atoms with van der Waals surface area (Å²) >= 11 is 0. The summed E-state index contributed by atoms with van der Waals surface area (Å²) in [6, 6.07) is 0.233. The molecule has 3 aliphatic rings. The van der Waals surface area contributed by atoms with Crippen molar-refractivity contribution in [3.05, 3.63) is 0 Å². The van der Waals surface area contributed by atoms with E-state index < -0.39 is 0 Å². The van der Waals surface area contributed by atoms with Crippen LogP contribution in [-0.2, 0) is 4.74 Å². The largest absolute Gasteiger partial charge is 0.378 e. The molecule has 3 fully saturated rings. The number of amides is 2. The Balaban J connectivity index is 1.73. The molecule has 0 aromatic heterocycles. The lowest BCUT2D eigenvalue weighted by Gasteiger charge is -2.51. The molecule has 108 valence electrons. The maximum absolute atomic E-state index is 12.6. The van der Waals surface area contributed by atoms with Gasteiger partial charge in [0.2, 0.25) is 0 Å². The molecule has 0 aromatic rings. The molecule has 0 aromatic carbocycles. The Labute approximate surface area is 116 Å². The Kier molecular flexibility index (Phi) is 3.04. The van der Waals surface area contributed by atoms with Gasteiger partial charge in [-0.2, -0.15) is 0 Å². The van der Waals surface area contributed by atoms with Crippen molar-refractivity contribution >= 4 is 6.03 Å². The molecule has 0 unspecified atom stereocenters.